The van der Waals surface area contributed by atoms with E-state index in [-0.39, 0.29) is 11.5 Å². The van der Waals surface area contributed by atoms with Crippen LogP contribution < -0.4 is 5.32 Å². The molecule has 5 rings (SSSR count). The molecule has 37 heavy (non-hydrogen) atoms. The van der Waals surface area contributed by atoms with E-state index in [1.807, 2.05) is 61.7 Å². The first-order valence-corrected chi connectivity index (χ1v) is 14.1. The summed E-state index contributed by atoms with van der Waals surface area (Å²) in [5.74, 6) is 1.22. The number of anilines is 1. The van der Waals surface area contributed by atoms with Crippen LogP contribution in [0.1, 0.15) is 31.0 Å². The molecule has 1 aromatic carbocycles. The number of hydrogen-bond acceptors (Lipinski definition) is 7. The highest BCUT2D eigenvalue weighted by atomic mass is 32.2. The number of hydrogen-bond donors (Lipinski definition) is 1. The number of nitrogens with one attached hydrogen (secondary N) is 1. The number of unbranched alkanes of at least 4 members (excludes halogenated alkanes) is 1. The summed E-state index contributed by atoms with van der Waals surface area (Å²) in [6.45, 7) is 2.47. The van der Waals surface area contributed by atoms with Gasteiger partial charge in [0.1, 0.15) is 5.52 Å². The number of fused-ring (bicyclic) bond motifs is 1. The van der Waals surface area contributed by atoms with Gasteiger partial charge in [0.2, 0.25) is 0 Å². The number of rotatable bonds is 10. The van der Waals surface area contributed by atoms with E-state index in [1.165, 1.54) is 0 Å². The lowest BCUT2D eigenvalue weighted by Crippen LogP contribution is -2.10. The molecule has 4 aromatic heterocycles. The Morgan fingerprint density at radius 1 is 0.973 bits per heavy atom. The Hall–Kier alpha value is -4.11. The van der Waals surface area contributed by atoms with Crippen molar-refractivity contribution in [3.63, 3.8) is 0 Å². The third-order valence-corrected chi connectivity index (χ3v) is 7.69. The molecule has 188 valence electrons. The Kier molecular flexibility index (Phi) is 7.23. The molecule has 0 aliphatic rings. The number of pyridine rings is 2. The van der Waals surface area contributed by atoms with Crippen LogP contribution in [0.25, 0.3) is 28.0 Å². The third kappa shape index (κ3) is 5.83. The molecule has 5 aromatic rings. The van der Waals surface area contributed by atoms with Crippen LogP contribution in [0.2, 0.25) is 0 Å². The molecule has 0 saturated heterocycles. The lowest BCUT2D eigenvalue weighted by molar-refractivity contribution is 0.592. The van der Waals surface area contributed by atoms with Crippen LogP contribution in [0, 0.1) is 0 Å². The molecule has 0 aliphatic heterocycles. The molecule has 0 bridgehead atoms. The second-order valence-corrected chi connectivity index (χ2v) is 11.1. The second-order valence-electron chi connectivity index (χ2n) is 8.87. The molecule has 0 saturated carbocycles. The molecule has 0 fully saturated rings. The zero-order valence-electron chi connectivity index (χ0n) is 20.6. The van der Waals surface area contributed by atoms with E-state index >= 15 is 0 Å². The highest BCUT2D eigenvalue weighted by molar-refractivity contribution is 7.90. The molecule has 0 radical (unpaired) electrons. The molecule has 9 heteroatoms. The summed E-state index contributed by atoms with van der Waals surface area (Å²) in [6, 6.07) is 19.7. The molecule has 0 spiro atoms. The maximum absolute atomic E-state index is 12.5. The minimum Gasteiger partial charge on any atom is -0.363 e. The van der Waals surface area contributed by atoms with Crippen molar-refractivity contribution in [2.24, 2.45) is 0 Å². The SMILES string of the molecule is CCCCS(=O)(=O)Cc1cncc(-c2nc(NCc3ccccn3)c3c(-c4ccccc4)ccn3n2)c1. The maximum Gasteiger partial charge on any atom is 0.183 e. The number of aromatic nitrogens is 5. The van der Waals surface area contributed by atoms with E-state index < -0.39 is 9.84 Å². The van der Waals surface area contributed by atoms with Gasteiger partial charge in [0.25, 0.3) is 0 Å². The summed E-state index contributed by atoms with van der Waals surface area (Å²) >= 11 is 0. The molecule has 1 N–H and O–H groups in total. The summed E-state index contributed by atoms with van der Waals surface area (Å²) in [7, 11) is -3.21. The van der Waals surface area contributed by atoms with Crippen LogP contribution in [0.15, 0.2) is 85.5 Å². The molecule has 0 aliphatic carbocycles. The Morgan fingerprint density at radius 3 is 2.59 bits per heavy atom. The van der Waals surface area contributed by atoms with Gasteiger partial charge < -0.3 is 5.32 Å². The first-order valence-electron chi connectivity index (χ1n) is 12.3. The van der Waals surface area contributed by atoms with E-state index in [4.69, 9.17) is 10.1 Å². The molecular weight excluding hydrogens is 484 g/mol. The predicted molar refractivity (Wildman–Crippen MR) is 146 cm³/mol. The van der Waals surface area contributed by atoms with Crippen molar-refractivity contribution >= 4 is 21.2 Å². The van der Waals surface area contributed by atoms with Crippen molar-refractivity contribution in [1.82, 2.24) is 24.6 Å². The van der Waals surface area contributed by atoms with Crippen molar-refractivity contribution in [3.05, 3.63) is 96.7 Å². The summed E-state index contributed by atoms with van der Waals surface area (Å²) < 4.78 is 26.8. The minimum atomic E-state index is -3.21. The Bertz CT molecular complexity index is 1600. The highest BCUT2D eigenvalue weighted by Crippen LogP contribution is 2.31. The number of sulfone groups is 1. The van der Waals surface area contributed by atoms with E-state index in [9.17, 15) is 8.42 Å². The molecular formula is C28H28N6O2S. The zero-order valence-corrected chi connectivity index (χ0v) is 21.4. The van der Waals surface area contributed by atoms with Crippen molar-refractivity contribution in [2.75, 3.05) is 11.1 Å². The first kappa shape index (κ1) is 24.6. The topological polar surface area (TPSA) is 102 Å². The predicted octanol–water partition coefficient (Wildman–Crippen LogP) is 5.18. The van der Waals surface area contributed by atoms with Gasteiger partial charge in [0.05, 0.1) is 23.7 Å². The average molecular weight is 513 g/mol. The van der Waals surface area contributed by atoms with Crippen LogP contribution in [-0.2, 0) is 22.1 Å². The third-order valence-electron chi connectivity index (χ3n) is 6.01. The van der Waals surface area contributed by atoms with Gasteiger partial charge in [-0.3, -0.25) is 9.97 Å². The van der Waals surface area contributed by atoms with Gasteiger partial charge in [-0.1, -0.05) is 49.7 Å². The van der Waals surface area contributed by atoms with Crippen LogP contribution in [0.4, 0.5) is 5.82 Å². The monoisotopic (exact) mass is 512 g/mol. The minimum absolute atomic E-state index is 0.0530. The van der Waals surface area contributed by atoms with Gasteiger partial charge in [-0.05, 0) is 41.8 Å². The summed E-state index contributed by atoms with van der Waals surface area (Å²) in [6.07, 6.45) is 8.40. The summed E-state index contributed by atoms with van der Waals surface area (Å²) in [4.78, 5) is 13.6. The average Bonchev–Trinajstić information content (AvgIpc) is 3.36. The van der Waals surface area contributed by atoms with Gasteiger partial charge in [-0.2, -0.15) is 0 Å². The van der Waals surface area contributed by atoms with E-state index in [0.29, 0.717) is 35.7 Å². The fraction of sp³-hybridized carbons (Fsp3) is 0.214. The molecule has 8 nitrogen and oxygen atoms in total. The fourth-order valence-corrected chi connectivity index (χ4v) is 5.72. The van der Waals surface area contributed by atoms with E-state index in [1.54, 1.807) is 23.1 Å². The van der Waals surface area contributed by atoms with Crippen molar-refractivity contribution in [3.8, 4) is 22.5 Å². The normalized spacial score (nSPS) is 11.6. The Labute approximate surface area is 216 Å². The van der Waals surface area contributed by atoms with E-state index in [0.717, 1.165) is 28.8 Å². The van der Waals surface area contributed by atoms with Crippen LogP contribution in [0.5, 0.6) is 0 Å². The first-order chi connectivity index (χ1) is 18.0. The standard InChI is InChI=1S/C28H28N6O2S/c1-2-3-15-37(35,36)20-21-16-23(18-29-17-21)27-32-28(31-19-24-11-7-8-13-30-24)26-25(12-14-34(26)33-27)22-9-5-4-6-10-22/h4-14,16-18H,2-3,15,19-20H2,1H3,(H,31,32,33). The molecule has 4 heterocycles. The quantitative estimate of drug-likeness (QED) is 0.275. The van der Waals surface area contributed by atoms with Gasteiger partial charge in [0.15, 0.2) is 21.5 Å². The Balaban J connectivity index is 1.55. The van der Waals surface area contributed by atoms with Gasteiger partial charge >= 0.3 is 0 Å². The lowest BCUT2D eigenvalue weighted by atomic mass is 10.1. The van der Waals surface area contributed by atoms with Crippen LogP contribution >= 0.6 is 0 Å². The van der Waals surface area contributed by atoms with Gasteiger partial charge in [-0.25, -0.2) is 17.9 Å². The number of benzene rings is 1. The zero-order chi connectivity index (χ0) is 25.7. The smallest absolute Gasteiger partial charge is 0.183 e. The van der Waals surface area contributed by atoms with E-state index in [2.05, 4.69) is 27.4 Å². The number of nitrogens with zero attached hydrogens (tertiary/aromatic N) is 5. The van der Waals surface area contributed by atoms with Crippen LogP contribution in [0.3, 0.4) is 0 Å². The van der Waals surface area contributed by atoms with Crippen LogP contribution in [-0.4, -0.2) is 38.7 Å². The lowest BCUT2D eigenvalue weighted by Gasteiger charge is -2.12. The van der Waals surface area contributed by atoms with Gasteiger partial charge in [-0.15, -0.1) is 5.10 Å². The summed E-state index contributed by atoms with van der Waals surface area (Å²) in [5.41, 5.74) is 5.07. The maximum atomic E-state index is 12.5. The summed E-state index contributed by atoms with van der Waals surface area (Å²) in [5, 5.41) is 8.19. The van der Waals surface area contributed by atoms with Crippen molar-refractivity contribution in [1.29, 1.82) is 0 Å². The molecule has 0 unspecified atom stereocenters. The van der Waals surface area contributed by atoms with Crippen molar-refractivity contribution < 1.29 is 8.42 Å². The Morgan fingerprint density at radius 2 is 1.81 bits per heavy atom. The van der Waals surface area contributed by atoms with Gasteiger partial charge in [0, 0.05) is 35.9 Å². The highest BCUT2D eigenvalue weighted by Gasteiger charge is 2.17. The second kappa shape index (κ2) is 10.9. The molecule has 0 amide bonds. The molecule has 0 atom stereocenters. The largest absolute Gasteiger partial charge is 0.363 e. The van der Waals surface area contributed by atoms with Crippen molar-refractivity contribution in [2.45, 2.75) is 32.1 Å². The fourth-order valence-electron chi connectivity index (χ4n) is 4.18.